The molecule has 0 aromatic rings. The first-order chi connectivity index (χ1) is 3.56. The van der Waals surface area contributed by atoms with Gasteiger partial charge in [0.05, 0.1) is 5.60 Å². The van der Waals surface area contributed by atoms with E-state index in [1.807, 2.05) is 20.8 Å². The molecule has 0 N–H and O–H groups in total. The molecule has 0 heterocycles. The van der Waals surface area contributed by atoms with Crippen molar-refractivity contribution < 1.29 is 21.7 Å². The van der Waals surface area contributed by atoms with Gasteiger partial charge in [0, 0.05) is 6.61 Å². The third-order valence-electron chi connectivity index (χ3n) is 0.679. The number of hydrogen-bond acceptors (Lipinski definition) is 1. The summed E-state index contributed by atoms with van der Waals surface area (Å²) in [6.45, 7) is 10.6. The van der Waals surface area contributed by atoms with Crippen LogP contribution in [0.15, 0.2) is 0 Å². The van der Waals surface area contributed by atoms with Crippen LogP contribution in [0, 0.1) is 6.92 Å². The van der Waals surface area contributed by atoms with Gasteiger partial charge >= 0.3 is 23.1 Å². The predicted molar refractivity (Wildman–Crippen MR) is 41.4 cm³/mol. The zero-order chi connectivity index (χ0) is 6.62. The fourth-order valence-electron chi connectivity index (χ4n) is 0.378. The predicted octanol–water partition coefficient (Wildman–Crippen LogP) is -1.35. The van der Waals surface area contributed by atoms with E-state index < -0.39 is 0 Å². The van der Waals surface area contributed by atoms with Crippen LogP contribution in [0.4, 0.5) is 0 Å². The molecule has 0 aliphatic heterocycles. The van der Waals surface area contributed by atoms with Gasteiger partial charge < -0.3 is 28.6 Å². The fourth-order valence-corrected chi connectivity index (χ4v) is 0.378. The van der Waals surface area contributed by atoms with Crippen LogP contribution in [-0.2, 0) is 4.74 Å². The molecule has 0 aliphatic rings. The third kappa shape index (κ3) is 16.1. The smallest absolute Gasteiger partial charge is 1.00 e. The summed E-state index contributed by atoms with van der Waals surface area (Å²) >= 11 is 0. The Kier molecular flexibility index (Phi) is 14.4. The summed E-state index contributed by atoms with van der Waals surface area (Å²) in [6.07, 6.45) is 0.858. The summed E-state index contributed by atoms with van der Waals surface area (Å²) in [7, 11) is 0. The van der Waals surface area contributed by atoms with Crippen LogP contribution in [0.25, 0.3) is 0 Å². The number of halogens is 1. The normalized spacial score (nSPS) is 9.60. The standard InChI is InChI=1S/C7H15O.BrH.Mg/c1-5-6-8-7(2,3)4;;/h1,5-6H2,2-4H3;1H;/q-1;;+2/p-1. The summed E-state index contributed by atoms with van der Waals surface area (Å²) < 4.78 is 5.32. The van der Waals surface area contributed by atoms with Gasteiger partial charge in [-0.25, -0.2) is 0 Å². The topological polar surface area (TPSA) is 9.23 Å². The van der Waals surface area contributed by atoms with Crippen molar-refractivity contribution in [3.8, 4) is 0 Å². The van der Waals surface area contributed by atoms with Crippen molar-refractivity contribution in [1.29, 1.82) is 0 Å². The van der Waals surface area contributed by atoms with Gasteiger partial charge in [0.2, 0.25) is 0 Å². The Morgan fingerprint density at radius 2 is 1.70 bits per heavy atom. The monoisotopic (exact) mass is 218 g/mol. The number of rotatable bonds is 2. The average molecular weight is 219 g/mol. The maximum Gasteiger partial charge on any atom is 2.00 e. The van der Waals surface area contributed by atoms with Crippen LogP contribution >= 0.6 is 0 Å². The van der Waals surface area contributed by atoms with Crippen molar-refractivity contribution in [2.45, 2.75) is 32.8 Å². The van der Waals surface area contributed by atoms with E-state index in [-0.39, 0.29) is 45.6 Å². The molecule has 0 radical (unpaired) electrons. The fraction of sp³-hybridized carbons (Fsp3) is 0.857. The molecule has 10 heavy (non-hydrogen) atoms. The van der Waals surface area contributed by atoms with Gasteiger partial charge in [-0.3, -0.25) is 0 Å². The van der Waals surface area contributed by atoms with E-state index in [1.165, 1.54) is 0 Å². The Bertz CT molecular complexity index is 61.1. The van der Waals surface area contributed by atoms with Gasteiger partial charge in [-0.15, -0.1) is 0 Å². The van der Waals surface area contributed by atoms with Crippen molar-refractivity contribution in [3.63, 3.8) is 0 Å². The Hall–Kier alpha value is 1.21. The molecule has 0 fully saturated rings. The van der Waals surface area contributed by atoms with Gasteiger partial charge in [-0.1, -0.05) is 0 Å². The van der Waals surface area contributed by atoms with Gasteiger partial charge in [-0.2, -0.15) is 6.42 Å². The first kappa shape index (κ1) is 17.3. The van der Waals surface area contributed by atoms with Crippen LogP contribution in [0.5, 0.6) is 0 Å². The Balaban J connectivity index is -0.000000245. The first-order valence-electron chi connectivity index (χ1n) is 2.99. The molecule has 1 nitrogen and oxygen atoms in total. The van der Waals surface area contributed by atoms with E-state index in [0.29, 0.717) is 0 Å². The third-order valence-corrected chi connectivity index (χ3v) is 0.679. The van der Waals surface area contributed by atoms with Crippen molar-refractivity contribution in [2.75, 3.05) is 6.61 Å². The molecule has 0 spiro atoms. The van der Waals surface area contributed by atoms with Crippen LogP contribution in [0.3, 0.4) is 0 Å². The summed E-state index contributed by atoms with van der Waals surface area (Å²) in [4.78, 5) is 0. The minimum Gasteiger partial charge on any atom is -1.00 e. The van der Waals surface area contributed by atoms with E-state index in [2.05, 4.69) is 6.92 Å². The second kappa shape index (κ2) is 8.30. The molecular weight excluding hydrogens is 204 g/mol. The molecule has 0 unspecified atom stereocenters. The molecule has 0 rings (SSSR count). The molecule has 0 saturated heterocycles. The minimum atomic E-state index is 0. The molecule has 0 aromatic heterocycles. The van der Waals surface area contributed by atoms with Crippen molar-refractivity contribution in [1.82, 2.24) is 0 Å². The summed E-state index contributed by atoms with van der Waals surface area (Å²) in [5.41, 5.74) is 0.0116. The second-order valence-electron chi connectivity index (χ2n) is 2.81. The van der Waals surface area contributed by atoms with Crippen LogP contribution < -0.4 is 17.0 Å². The second-order valence-corrected chi connectivity index (χ2v) is 2.81. The zero-order valence-corrected chi connectivity index (χ0v) is 10.1. The van der Waals surface area contributed by atoms with Crippen molar-refractivity contribution >= 4 is 23.1 Å². The number of ether oxygens (including phenoxy) is 1. The van der Waals surface area contributed by atoms with E-state index in [0.717, 1.165) is 13.0 Å². The Morgan fingerprint density at radius 1 is 1.30 bits per heavy atom. The molecule has 3 heteroatoms. The van der Waals surface area contributed by atoms with Gasteiger partial charge in [0.1, 0.15) is 0 Å². The summed E-state index contributed by atoms with van der Waals surface area (Å²) in [6, 6.07) is 0. The van der Waals surface area contributed by atoms with Gasteiger partial charge in [0.15, 0.2) is 0 Å². The van der Waals surface area contributed by atoms with Crippen molar-refractivity contribution in [3.05, 3.63) is 6.92 Å². The number of hydrogen-bond donors (Lipinski definition) is 0. The van der Waals surface area contributed by atoms with Crippen LogP contribution in [-0.4, -0.2) is 35.3 Å². The average Bonchev–Trinajstić information content (AvgIpc) is 1.59. The quantitative estimate of drug-likeness (QED) is 0.412. The molecule has 0 amide bonds. The molecular formula is C7H15BrMgO. The van der Waals surface area contributed by atoms with E-state index in [9.17, 15) is 0 Å². The maximum absolute atomic E-state index is 5.32. The molecule has 0 atom stereocenters. The largest absolute Gasteiger partial charge is 2.00 e. The Morgan fingerprint density at radius 3 is 1.80 bits per heavy atom. The Labute approximate surface area is 90.8 Å². The van der Waals surface area contributed by atoms with E-state index >= 15 is 0 Å². The van der Waals surface area contributed by atoms with Crippen molar-refractivity contribution in [2.24, 2.45) is 0 Å². The van der Waals surface area contributed by atoms with Gasteiger partial charge in [0.25, 0.3) is 0 Å². The molecule has 0 aromatic carbocycles. The van der Waals surface area contributed by atoms with Gasteiger partial charge in [-0.05, 0) is 20.8 Å². The molecule has 0 aliphatic carbocycles. The minimum absolute atomic E-state index is 0. The molecule has 58 valence electrons. The zero-order valence-electron chi connectivity index (χ0n) is 7.11. The van der Waals surface area contributed by atoms with Crippen LogP contribution in [0.2, 0.25) is 0 Å². The first-order valence-corrected chi connectivity index (χ1v) is 2.99. The maximum atomic E-state index is 5.32. The molecule has 0 saturated carbocycles. The van der Waals surface area contributed by atoms with E-state index in [1.54, 1.807) is 0 Å². The SMILES string of the molecule is [Br-].[CH2-]CCOC(C)(C)C.[Mg+2]. The molecule has 0 bridgehead atoms. The summed E-state index contributed by atoms with van der Waals surface area (Å²) in [5, 5.41) is 0. The van der Waals surface area contributed by atoms with E-state index in [4.69, 9.17) is 4.74 Å². The van der Waals surface area contributed by atoms with Crippen LogP contribution in [0.1, 0.15) is 27.2 Å². The summed E-state index contributed by atoms with van der Waals surface area (Å²) in [5.74, 6) is 0.